The topological polar surface area (TPSA) is 48.3 Å². The fourth-order valence-corrected chi connectivity index (χ4v) is 3.22. The van der Waals surface area contributed by atoms with E-state index in [1.165, 1.54) is 5.69 Å². The zero-order chi connectivity index (χ0) is 14.6. The predicted molar refractivity (Wildman–Crippen MR) is 82.0 cm³/mol. The van der Waals surface area contributed by atoms with E-state index in [1.807, 2.05) is 18.7 Å². The smallest absolute Gasteiger partial charge is 0.0738 e. The van der Waals surface area contributed by atoms with Gasteiger partial charge >= 0.3 is 0 Å². The summed E-state index contributed by atoms with van der Waals surface area (Å²) in [4.78, 5) is 0. The van der Waals surface area contributed by atoms with E-state index in [0.29, 0.717) is 0 Å². The van der Waals surface area contributed by atoms with E-state index in [2.05, 4.69) is 26.3 Å². The molecule has 1 aliphatic rings. The van der Waals surface area contributed by atoms with Gasteiger partial charge in [0.15, 0.2) is 0 Å². The first-order valence-electron chi connectivity index (χ1n) is 7.03. The van der Waals surface area contributed by atoms with Crippen molar-refractivity contribution in [3.8, 4) is 0 Å². The van der Waals surface area contributed by atoms with Gasteiger partial charge < -0.3 is 14.8 Å². The Balaban J connectivity index is 2.05. The third kappa shape index (κ3) is 3.61. The molecule has 1 aromatic heterocycles. The molecular formula is C14H24BrN3O2. The highest BCUT2D eigenvalue weighted by atomic mass is 79.9. The zero-order valence-corrected chi connectivity index (χ0v) is 14.1. The number of aryl methyl sites for hydroxylation is 2. The third-order valence-electron chi connectivity index (χ3n) is 3.97. The highest BCUT2D eigenvalue weighted by Gasteiger charge is 2.36. The largest absolute Gasteiger partial charge is 0.383 e. The first-order chi connectivity index (χ1) is 9.58. The molecule has 114 valence electrons. The quantitative estimate of drug-likeness (QED) is 0.763. The number of halogens is 1. The average molecular weight is 346 g/mol. The molecular weight excluding hydrogens is 322 g/mol. The molecule has 0 aromatic carbocycles. The monoisotopic (exact) mass is 345 g/mol. The van der Waals surface area contributed by atoms with Crippen LogP contribution in [0.3, 0.4) is 0 Å². The summed E-state index contributed by atoms with van der Waals surface area (Å²) in [7, 11) is 3.74. The van der Waals surface area contributed by atoms with Gasteiger partial charge in [0.05, 0.1) is 29.1 Å². The minimum absolute atomic E-state index is 0.163. The van der Waals surface area contributed by atoms with E-state index in [-0.39, 0.29) is 5.41 Å². The molecule has 0 spiro atoms. The summed E-state index contributed by atoms with van der Waals surface area (Å²) in [6.07, 6.45) is 2.06. The molecule has 6 heteroatoms. The summed E-state index contributed by atoms with van der Waals surface area (Å²) in [5, 5.41) is 7.97. The number of ether oxygens (including phenoxy) is 2. The molecule has 1 fully saturated rings. The summed E-state index contributed by atoms with van der Waals surface area (Å²) < 4.78 is 13.9. The Morgan fingerprint density at radius 2 is 2.35 bits per heavy atom. The van der Waals surface area contributed by atoms with Crippen LogP contribution >= 0.6 is 15.9 Å². The van der Waals surface area contributed by atoms with E-state index < -0.39 is 0 Å². The van der Waals surface area contributed by atoms with Gasteiger partial charge in [0.1, 0.15) is 0 Å². The Hall–Kier alpha value is -0.430. The maximum atomic E-state index is 5.66. The van der Waals surface area contributed by atoms with Crippen molar-refractivity contribution in [2.75, 3.05) is 40.0 Å². The minimum Gasteiger partial charge on any atom is -0.383 e. The summed E-state index contributed by atoms with van der Waals surface area (Å²) in [6, 6.07) is 0. The summed E-state index contributed by atoms with van der Waals surface area (Å²) in [5.74, 6) is 0. The summed E-state index contributed by atoms with van der Waals surface area (Å²) in [6.45, 7) is 6.26. The molecule has 1 saturated heterocycles. The van der Waals surface area contributed by atoms with Gasteiger partial charge in [-0.25, -0.2) is 0 Å². The molecule has 1 unspecified atom stereocenters. The first-order valence-corrected chi connectivity index (χ1v) is 7.83. The third-order valence-corrected chi connectivity index (χ3v) is 5.00. The van der Waals surface area contributed by atoms with Crippen LogP contribution in [0.1, 0.15) is 17.8 Å². The SMILES string of the molecule is COCCNCC1(Cc2c(Br)c(C)nn2C)CCOC1. The van der Waals surface area contributed by atoms with Crippen molar-refractivity contribution in [2.24, 2.45) is 12.5 Å². The van der Waals surface area contributed by atoms with Crippen LogP contribution in [0.4, 0.5) is 0 Å². The maximum absolute atomic E-state index is 5.66. The summed E-state index contributed by atoms with van der Waals surface area (Å²) >= 11 is 3.66. The van der Waals surface area contributed by atoms with Crippen LogP contribution in [0.5, 0.6) is 0 Å². The zero-order valence-electron chi connectivity index (χ0n) is 12.5. The molecule has 1 aromatic rings. The standard InChI is InChI=1S/C14H24BrN3O2/c1-11-13(15)12(18(2)17-11)8-14(4-6-20-10-14)9-16-5-7-19-3/h16H,4-10H2,1-3H3. The van der Waals surface area contributed by atoms with Crippen molar-refractivity contribution in [1.82, 2.24) is 15.1 Å². The number of methoxy groups -OCH3 is 1. The molecule has 5 nitrogen and oxygen atoms in total. The Bertz CT molecular complexity index is 442. The fraction of sp³-hybridized carbons (Fsp3) is 0.786. The predicted octanol–water partition coefficient (Wildman–Crippen LogP) is 1.68. The normalized spacial score (nSPS) is 22.6. The number of hydrogen-bond donors (Lipinski definition) is 1. The molecule has 0 saturated carbocycles. The molecule has 1 aliphatic heterocycles. The highest BCUT2D eigenvalue weighted by molar-refractivity contribution is 9.10. The number of rotatable bonds is 7. The van der Waals surface area contributed by atoms with Crippen LogP contribution in [0.2, 0.25) is 0 Å². The van der Waals surface area contributed by atoms with Crippen LogP contribution in [0.15, 0.2) is 4.47 Å². The second kappa shape index (κ2) is 7.02. The molecule has 0 aliphatic carbocycles. The van der Waals surface area contributed by atoms with E-state index in [4.69, 9.17) is 9.47 Å². The van der Waals surface area contributed by atoms with Crippen LogP contribution in [0, 0.1) is 12.3 Å². The second-order valence-electron chi connectivity index (χ2n) is 5.62. The van der Waals surface area contributed by atoms with Gasteiger partial charge in [0.25, 0.3) is 0 Å². The van der Waals surface area contributed by atoms with Gasteiger partial charge in [-0.15, -0.1) is 0 Å². The lowest BCUT2D eigenvalue weighted by molar-refractivity contribution is 0.143. The Morgan fingerprint density at radius 1 is 1.55 bits per heavy atom. The van der Waals surface area contributed by atoms with Gasteiger partial charge in [-0.3, -0.25) is 4.68 Å². The molecule has 1 atom stereocenters. The second-order valence-corrected chi connectivity index (χ2v) is 6.41. The van der Waals surface area contributed by atoms with Gasteiger partial charge in [0.2, 0.25) is 0 Å². The molecule has 0 radical (unpaired) electrons. The lowest BCUT2D eigenvalue weighted by atomic mass is 9.82. The Morgan fingerprint density at radius 3 is 2.90 bits per heavy atom. The van der Waals surface area contributed by atoms with Crippen LogP contribution in [-0.4, -0.2) is 49.8 Å². The van der Waals surface area contributed by atoms with Gasteiger partial charge in [0, 0.05) is 39.3 Å². The number of nitrogens with one attached hydrogen (secondary N) is 1. The summed E-state index contributed by atoms with van der Waals surface area (Å²) in [5.41, 5.74) is 2.46. The van der Waals surface area contributed by atoms with Gasteiger partial charge in [-0.05, 0) is 35.7 Å². The highest BCUT2D eigenvalue weighted by Crippen LogP contribution is 2.35. The van der Waals surface area contributed by atoms with Crippen molar-refractivity contribution in [1.29, 1.82) is 0 Å². The Kier molecular flexibility index (Phi) is 5.60. The first kappa shape index (κ1) is 15.9. The molecule has 2 heterocycles. The van der Waals surface area contributed by atoms with Crippen molar-refractivity contribution in [2.45, 2.75) is 19.8 Å². The number of aromatic nitrogens is 2. The van der Waals surface area contributed by atoms with E-state index >= 15 is 0 Å². The van der Waals surface area contributed by atoms with Gasteiger partial charge in [-0.1, -0.05) is 0 Å². The van der Waals surface area contributed by atoms with E-state index in [9.17, 15) is 0 Å². The lowest BCUT2D eigenvalue weighted by Crippen LogP contribution is -2.38. The van der Waals surface area contributed by atoms with Gasteiger partial charge in [-0.2, -0.15) is 5.10 Å². The fourth-order valence-electron chi connectivity index (χ4n) is 2.75. The molecule has 0 amide bonds. The molecule has 20 heavy (non-hydrogen) atoms. The molecule has 0 bridgehead atoms. The van der Waals surface area contributed by atoms with Crippen LogP contribution in [0.25, 0.3) is 0 Å². The van der Waals surface area contributed by atoms with E-state index in [1.54, 1.807) is 7.11 Å². The van der Waals surface area contributed by atoms with Crippen molar-refractivity contribution in [3.63, 3.8) is 0 Å². The maximum Gasteiger partial charge on any atom is 0.0738 e. The number of nitrogens with zero attached hydrogens (tertiary/aromatic N) is 2. The van der Waals surface area contributed by atoms with E-state index in [0.717, 1.165) is 55.9 Å². The van der Waals surface area contributed by atoms with Crippen molar-refractivity contribution >= 4 is 15.9 Å². The van der Waals surface area contributed by atoms with Crippen LogP contribution < -0.4 is 5.32 Å². The average Bonchev–Trinajstić information content (AvgIpc) is 2.97. The minimum atomic E-state index is 0.163. The molecule has 2 rings (SSSR count). The number of hydrogen-bond acceptors (Lipinski definition) is 4. The van der Waals surface area contributed by atoms with Crippen molar-refractivity contribution < 1.29 is 9.47 Å². The van der Waals surface area contributed by atoms with Crippen LogP contribution in [-0.2, 0) is 22.9 Å². The van der Waals surface area contributed by atoms with Crippen molar-refractivity contribution in [3.05, 3.63) is 15.9 Å². The Labute approximate surface area is 129 Å². The lowest BCUT2D eigenvalue weighted by Gasteiger charge is -2.28. The molecule has 1 N–H and O–H groups in total.